The lowest BCUT2D eigenvalue weighted by Gasteiger charge is -2.36. The average Bonchev–Trinajstić information content (AvgIpc) is 3.18. The van der Waals surface area contributed by atoms with Crippen LogP contribution in [0.15, 0.2) is 36.5 Å². The minimum atomic E-state index is 0.614. The third-order valence-electron chi connectivity index (χ3n) is 5.04. The van der Waals surface area contributed by atoms with Crippen LogP contribution in [0.3, 0.4) is 0 Å². The largest absolute Gasteiger partial charge is 0.478 e. The van der Waals surface area contributed by atoms with Crippen LogP contribution in [-0.4, -0.2) is 59.4 Å². The summed E-state index contributed by atoms with van der Waals surface area (Å²) in [5, 5.41) is 9.09. The van der Waals surface area contributed by atoms with E-state index in [1.165, 1.54) is 0 Å². The fraction of sp³-hybridized carbons (Fsp3) is 0.400. The van der Waals surface area contributed by atoms with Crippen molar-refractivity contribution in [3.8, 4) is 5.88 Å². The fourth-order valence-corrected chi connectivity index (χ4v) is 3.87. The molecule has 0 radical (unpaired) electrons. The van der Waals surface area contributed by atoms with Crippen LogP contribution in [0.5, 0.6) is 5.88 Å². The summed E-state index contributed by atoms with van der Waals surface area (Å²) < 4.78 is 5.76. The summed E-state index contributed by atoms with van der Waals surface area (Å²) in [6, 6.07) is 9.67. The Morgan fingerprint density at radius 3 is 2.75 bits per heavy atom. The quantitative estimate of drug-likeness (QED) is 0.580. The minimum Gasteiger partial charge on any atom is -0.478 e. The Labute approximate surface area is 174 Å². The lowest BCUT2D eigenvalue weighted by Crippen LogP contribution is -2.46. The number of pyridine rings is 1. The van der Waals surface area contributed by atoms with Crippen LogP contribution < -0.4 is 9.64 Å². The first kappa shape index (κ1) is 19.3. The standard InChI is InChI=1S/C20H23Cl2N5O/c21-16-4-3-5-17(19(16)22)27-11-9-26(10-12-27)8-1-2-13-28-18-7-6-15-14-23-25-20(15)24-18/h3-7,14H,1-2,8-13H2,(H,23,24,25). The van der Waals surface area contributed by atoms with Crippen LogP contribution in [0.2, 0.25) is 10.0 Å². The lowest BCUT2D eigenvalue weighted by molar-refractivity contribution is 0.237. The number of nitrogens with one attached hydrogen (secondary N) is 1. The number of anilines is 1. The van der Waals surface area contributed by atoms with Crippen LogP contribution >= 0.6 is 23.2 Å². The van der Waals surface area contributed by atoms with Gasteiger partial charge in [-0.1, -0.05) is 29.3 Å². The van der Waals surface area contributed by atoms with Crippen molar-refractivity contribution in [3.05, 3.63) is 46.6 Å². The second-order valence-electron chi connectivity index (χ2n) is 6.91. The molecular formula is C20H23Cl2N5O. The number of aromatic nitrogens is 3. The maximum absolute atomic E-state index is 6.35. The summed E-state index contributed by atoms with van der Waals surface area (Å²) >= 11 is 12.5. The van der Waals surface area contributed by atoms with Crippen molar-refractivity contribution in [2.75, 3.05) is 44.2 Å². The zero-order chi connectivity index (χ0) is 19.3. The Morgan fingerprint density at radius 2 is 1.89 bits per heavy atom. The summed E-state index contributed by atoms with van der Waals surface area (Å²) in [5.41, 5.74) is 1.79. The highest BCUT2D eigenvalue weighted by molar-refractivity contribution is 6.43. The highest BCUT2D eigenvalue weighted by Crippen LogP contribution is 2.32. The third kappa shape index (κ3) is 4.51. The molecule has 148 valence electrons. The molecule has 1 aliphatic heterocycles. The molecule has 0 unspecified atom stereocenters. The predicted molar refractivity (Wildman–Crippen MR) is 114 cm³/mol. The monoisotopic (exact) mass is 419 g/mol. The van der Waals surface area contributed by atoms with Crippen molar-refractivity contribution < 1.29 is 4.74 Å². The Hall–Kier alpha value is -2.02. The second kappa shape index (κ2) is 8.99. The van der Waals surface area contributed by atoms with Crippen LogP contribution in [0.4, 0.5) is 5.69 Å². The van der Waals surface area contributed by atoms with Gasteiger partial charge in [0.1, 0.15) is 0 Å². The number of hydrogen-bond donors (Lipinski definition) is 1. The van der Waals surface area contributed by atoms with Gasteiger partial charge in [-0.25, -0.2) is 0 Å². The Morgan fingerprint density at radius 1 is 1.04 bits per heavy atom. The highest BCUT2D eigenvalue weighted by Gasteiger charge is 2.19. The minimum absolute atomic E-state index is 0.614. The van der Waals surface area contributed by atoms with Gasteiger partial charge >= 0.3 is 0 Å². The van der Waals surface area contributed by atoms with E-state index in [-0.39, 0.29) is 0 Å². The maximum Gasteiger partial charge on any atom is 0.215 e. The SMILES string of the molecule is Clc1cccc(N2CCN(CCCCOc3ccc4cn[nH]c4n3)CC2)c1Cl. The zero-order valence-corrected chi connectivity index (χ0v) is 17.1. The Balaban J connectivity index is 1.16. The van der Waals surface area contributed by atoms with Gasteiger partial charge in [-0.15, -0.1) is 0 Å². The molecule has 3 aromatic rings. The Bertz CT molecular complexity index is 924. The topological polar surface area (TPSA) is 57.3 Å². The molecule has 0 aliphatic carbocycles. The summed E-state index contributed by atoms with van der Waals surface area (Å²) in [4.78, 5) is 9.20. The van der Waals surface area contributed by atoms with Crippen molar-refractivity contribution >= 4 is 39.9 Å². The van der Waals surface area contributed by atoms with Gasteiger partial charge in [0.25, 0.3) is 0 Å². The van der Waals surface area contributed by atoms with E-state index in [0.717, 1.165) is 62.3 Å². The zero-order valence-electron chi connectivity index (χ0n) is 15.6. The number of nitrogens with zero attached hydrogens (tertiary/aromatic N) is 4. The smallest absolute Gasteiger partial charge is 0.215 e. The van der Waals surface area contributed by atoms with Crippen molar-refractivity contribution in [2.24, 2.45) is 0 Å². The first-order valence-electron chi connectivity index (χ1n) is 9.55. The van der Waals surface area contributed by atoms with E-state index in [2.05, 4.69) is 25.0 Å². The molecule has 8 heteroatoms. The highest BCUT2D eigenvalue weighted by atomic mass is 35.5. The molecule has 0 amide bonds. The number of unbranched alkanes of at least 4 members (excludes halogenated alkanes) is 1. The van der Waals surface area contributed by atoms with Crippen molar-refractivity contribution in [3.63, 3.8) is 0 Å². The molecule has 2 aromatic heterocycles. The number of hydrogen-bond acceptors (Lipinski definition) is 5. The van der Waals surface area contributed by atoms with Crippen molar-refractivity contribution in [2.45, 2.75) is 12.8 Å². The van der Waals surface area contributed by atoms with E-state index in [0.29, 0.717) is 22.5 Å². The van der Waals surface area contributed by atoms with Gasteiger partial charge in [0.2, 0.25) is 5.88 Å². The number of fused-ring (bicyclic) bond motifs is 1. The average molecular weight is 420 g/mol. The molecule has 1 aliphatic rings. The molecule has 1 fully saturated rings. The number of H-pyrrole nitrogens is 1. The van der Waals surface area contributed by atoms with Crippen LogP contribution in [0.1, 0.15) is 12.8 Å². The van der Waals surface area contributed by atoms with E-state index in [4.69, 9.17) is 27.9 Å². The second-order valence-corrected chi connectivity index (χ2v) is 7.70. The molecule has 1 aromatic carbocycles. The molecule has 4 rings (SSSR count). The molecule has 1 N–H and O–H groups in total. The van der Waals surface area contributed by atoms with Gasteiger partial charge in [-0.05, 0) is 37.6 Å². The fourth-order valence-electron chi connectivity index (χ4n) is 3.45. The van der Waals surface area contributed by atoms with Crippen molar-refractivity contribution in [1.29, 1.82) is 0 Å². The third-order valence-corrected chi connectivity index (χ3v) is 5.85. The van der Waals surface area contributed by atoms with E-state index in [9.17, 15) is 0 Å². The number of piperazine rings is 1. The molecular weight excluding hydrogens is 397 g/mol. The molecule has 0 saturated carbocycles. The van der Waals surface area contributed by atoms with Gasteiger partial charge < -0.3 is 9.64 Å². The van der Waals surface area contributed by atoms with E-state index < -0.39 is 0 Å². The number of aromatic amines is 1. The number of halogens is 2. The first-order valence-corrected chi connectivity index (χ1v) is 10.3. The molecule has 3 heterocycles. The van der Waals surface area contributed by atoms with E-state index in [1.807, 2.05) is 30.3 Å². The molecule has 0 bridgehead atoms. The first-order chi connectivity index (χ1) is 13.7. The van der Waals surface area contributed by atoms with E-state index in [1.54, 1.807) is 6.20 Å². The molecule has 6 nitrogen and oxygen atoms in total. The van der Waals surface area contributed by atoms with Gasteiger partial charge in [0, 0.05) is 37.6 Å². The number of benzene rings is 1. The van der Waals surface area contributed by atoms with Crippen molar-refractivity contribution in [1.82, 2.24) is 20.1 Å². The molecule has 1 saturated heterocycles. The summed E-state index contributed by atoms with van der Waals surface area (Å²) in [6.45, 7) is 5.73. The normalized spacial score (nSPS) is 15.3. The number of ether oxygens (including phenoxy) is 1. The van der Waals surface area contributed by atoms with Crippen LogP contribution in [0.25, 0.3) is 11.0 Å². The summed E-state index contributed by atoms with van der Waals surface area (Å²) in [5.74, 6) is 0.642. The maximum atomic E-state index is 6.35. The molecule has 0 atom stereocenters. The summed E-state index contributed by atoms with van der Waals surface area (Å²) in [6.07, 6.45) is 3.86. The Kier molecular flexibility index (Phi) is 6.20. The van der Waals surface area contributed by atoms with Crippen LogP contribution in [0, 0.1) is 0 Å². The number of rotatable bonds is 7. The van der Waals surface area contributed by atoms with Gasteiger partial charge in [0.15, 0.2) is 5.65 Å². The van der Waals surface area contributed by atoms with E-state index >= 15 is 0 Å². The van der Waals surface area contributed by atoms with Gasteiger partial charge in [0.05, 0.1) is 28.5 Å². The van der Waals surface area contributed by atoms with Crippen LogP contribution in [-0.2, 0) is 0 Å². The predicted octanol–water partition coefficient (Wildman–Crippen LogP) is 4.25. The lowest BCUT2D eigenvalue weighted by atomic mass is 10.2. The molecule has 0 spiro atoms. The van der Waals surface area contributed by atoms with Gasteiger partial charge in [-0.3, -0.25) is 10.00 Å². The molecule has 28 heavy (non-hydrogen) atoms. The summed E-state index contributed by atoms with van der Waals surface area (Å²) in [7, 11) is 0. The van der Waals surface area contributed by atoms with Gasteiger partial charge in [-0.2, -0.15) is 10.1 Å².